The lowest BCUT2D eigenvalue weighted by Crippen LogP contribution is -2.18. The van der Waals surface area contributed by atoms with E-state index < -0.39 is 12.1 Å². The van der Waals surface area contributed by atoms with E-state index in [1.54, 1.807) is 0 Å². The summed E-state index contributed by atoms with van der Waals surface area (Å²) >= 11 is 0. The van der Waals surface area contributed by atoms with Crippen molar-refractivity contribution in [2.24, 2.45) is 0 Å². The molecular formula is C10H15N3O3. The zero-order chi connectivity index (χ0) is 11.7. The van der Waals surface area contributed by atoms with E-state index in [-0.39, 0.29) is 11.6 Å². The van der Waals surface area contributed by atoms with Crippen molar-refractivity contribution in [2.75, 3.05) is 0 Å². The van der Waals surface area contributed by atoms with Crippen molar-refractivity contribution in [1.29, 1.82) is 0 Å². The van der Waals surface area contributed by atoms with E-state index in [1.165, 1.54) is 4.68 Å². The number of aromatic carboxylic acids is 1. The number of carboxylic acid groups (broad SMARTS) is 1. The molecule has 2 N–H and O–H groups in total. The average molecular weight is 225 g/mol. The highest BCUT2D eigenvalue weighted by atomic mass is 16.4. The summed E-state index contributed by atoms with van der Waals surface area (Å²) in [6.07, 6.45) is 2.08. The molecule has 0 spiro atoms. The topological polar surface area (TPSA) is 88.2 Å². The highest BCUT2D eigenvalue weighted by Gasteiger charge is 2.33. The van der Waals surface area contributed by atoms with Gasteiger partial charge in [-0.15, -0.1) is 5.10 Å². The van der Waals surface area contributed by atoms with Gasteiger partial charge in [0.25, 0.3) is 0 Å². The van der Waals surface area contributed by atoms with Crippen LogP contribution in [0.2, 0.25) is 0 Å². The van der Waals surface area contributed by atoms with Crippen molar-refractivity contribution in [3.8, 4) is 0 Å². The monoisotopic (exact) mass is 225 g/mol. The van der Waals surface area contributed by atoms with Crippen molar-refractivity contribution in [3.63, 3.8) is 0 Å². The highest BCUT2D eigenvalue weighted by Crippen LogP contribution is 2.41. The quantitative estimate of drug-likeness (QED) is 0.767. The standard InChI is InChI=1S/C10H15N3O3/c1-2-7(14)5-13-9(6-3-4-6)8(10(15)16)11-12-13/h6-7,14H,2-5H2,1H3,(H,15,16). The zero-order valence-corrected chi connectivity index (χ0v) is 9.13. The van der Waals surface area contributed by atoms with Gasteiger partial charge in [-0.2, -0.15) is 0 Å². The van der Waals surface area contributed by atoms with Crippen molar-refractivity contribution in [1.82, 2.24) is 15.0 Å². The first kappa shape index (κ1) is 11.1. The first-order chi connectivity index (χ1) is 7.63. The molecule has 1 aromatic rings. The van der Waals surface area contributed by atoms with Crippen LogP contribution in [0.3, 0.4) is 0 Å². The Morgan fingerprint density at radius 3 is 2.81 bits per heavy atom. The molecule has 6 nitrogen and oxygen atoms in total. The minimum Gasteiger partial charge on any atom is -0.476 e. The Bertz CT molecular complexity index is 398. The van der Waals surface area contributed by atoms with Crippen molar-refractivity contribution in [3.05, 3.63) is 11.4 Å². The van der Waals surface area contributed by atoms with Crippen LogP contribution >= 0.6 is 0 Å². The van der Waals surface area contributed by atoms with Crippen LogP contribution in [0.1, 0.15) is 48.3 Å². The Kier molecular flexibility index (Phi) is 2.91. The van der Waals surface area contributed by atoms with Crippen LogP contribution in [0, 0.1) is 0 Å². The average Bonchev–Trinajstić information content (AvgIpc) is 3.00. The van der Waals surface area contributed by atoms with E-state index in [2.05, 4.69) is 10.3 Å². The van der Waals surface area contributed by atoms with Crippen molar-refractivity contribution >= 4 is 5.97 Å². The molecule has 16 heavy (non-hydrogen) atoms. The smallest absolute Gasteiger partial charge is 0.358 e. The van der Waals surface area contributed by atoms with Gasteiger partial charge in [0.2, 0.25) is 0 Å². The molecular weight excluding hydrogens is 210 g/mol. The van der Waals surface area contributed by atoms with Crippen LogP contribution in [-0.2, 0) is 6.54 Å². The maximum absolute atomic E-state index is 10.9. The van der Waals surface area contributed by atoms with Crippen LogP contribution in [0.15, 0.2) is 0 Å². The number of rotatable bonds is 5. The summed E-state index contributed by atoms with van der Waals surface area (Å²) in [5.74, 6) is -0.788. The predicted octanol–water partition coefficient (Wildman–Crippen LogP) is 0.625. The Morgan fingerprint density at radius 2 is 2.31 bits per heavy atom. The second-order valence-corrected chi connectivity index (χ2v) is 4.15. The van der Waals surface area contributed by atoms with Gasteiger partial charge in [-0.25, -0.2) is 9.48 Å². The number of carbonyl (C=O) groups is 1. The number of hydrogen-bond donors (Lipinski definition) is 2. The number of aromatic nitrogens is 3. The molecule has 0 aliphatic heterocycles. The van der Waals surface area contributed by atoms with Crippen LogP contribution in [0.4, 0.5) is 0 Å². The third-order valence-corrected chi connectivity index (χ3v) is 2.79. The molecule has 0 aromatic carbocycles. The third kappa shape index (κ3) is 2.06. The number of nitrogens with zero attached hydrogens (tertiary/aromatic N) is 3. The maximum Gasteiger partial charge on any atom is 0.358 e. The lowest BCUT2D eigenvalue weighted by molar-refractivity contribution is 0.0688. The summed E-state index contributed by atoms with van der Waals surface area (Å²) in [6.45, 7) is 2.19. The number of hydrogen-bond acceptors (Lipinski definition) is 4. The van der Waals surface area contributed by atoms with Gasteiger partial charge in [0.1, 0.15) is 0 Å². The molecule has 1 heterocycles. The van der Waals surface area contributed by atoms with Crippen LogP contribution in [0.25, 0.3) is 0 Å². The summed E-state index contributed by atoms with van der Waals surface area (Å²) in [5, 5.41) is 26.0. The number of carboxylic acids is 1. The summed E-state index contributed by atoms with van der Waals surface area (Å²) < 4.78 is 1.54. The van der Waals surface area contributed by atoms with Crippen LogP contribution in [-0.4, -0.2) is 37.3 Å². The first-order valence-electron chi connectivity index (χ1n) is 5.48. The minimum atomic E-state index is -1.04. The van der Waals surface area contributed by atoms with Gasteiger partial charge in [-0.3, -0.25) is 0 Å². The lowest BCUT2D eigenvalue weighted by Gasteiger charge is -2.09. The predicted molar refractivity (Wildman–Crippen MR) is 55.3 cm³/mol. The minimum absolute atomic E-state index is 0.0332. The molecule has 1 aliphatic rings. The Morgan fingerprint density at radius 1 is 1.62 bits per heavy atom. The molecule has 1 atom stereocenters. The fourth-order valence-corrected chi connectivity index (χ4v) is 1.70. The molecule has 6 heteroatoms. The molecule has 1 fully saturated rings. The summed E-state index contributed by atoms with van der Waals surface area (Å²) in [7, 11) is 0. The second-order valence-electron chi connectivity index (χ2n) is 4.15. The number of aliphatic hydroxyl groups is 1. The molecule has 2 rings (SSSR count). The Hall–Kier alpha value is -1.43. The van der Waals surface area contributed by atoms with E-state index >= 15 is 0 Å². The van der Waals surface area contributed by atoms with Crippen LogP contribution in [0.5, 0.6) is 0 Å². The third-order valence-electron chi connectivity index (χ3n) is 2.79. The number of aliphatic hydroxyl groups excluding tert-OH is 1. The van der Waals surface area contributed by atoms with Gasteiger partial charge < -0.3 is 10.2 Å². The van der Waals surface area contributed by atoms with Gasteiger partial charge >= 0.3 is 5.97 Å². The Labute approximate surface area is 92.9 Å². The largest absolute Gasteiger partial charge is 0.476 e. The lowest BCUT2D eigenvalue weighted by atomic mass is 10.2. The van der Waals surface area contributed by atoms with Gasteiger partial charge in [0.15, 0.2) is 5.69 Å². The summed E-state index contributed by atoms with van der Waals surface area (Å²) in [4.78, 5) is 10.9. The SMILES string of the molecule is CCC(O)Cn1nnc(C(=O)O)c1C1CC1. The normalized spacial score (nSPS) is 17.4. The molecule has 0 bridgehead atoms. The molecule has 88 valence electrons. The van der Waals surface area contributed by atoms with E-state index in [1.807, 2.05) is 6.92 Å². The van der Waals surface area contributed by atoms with Gasteiger partial charge in [0.05, 0.1) is 18.3 Å². The first-order valence-corrected chi connectivity index (χ1v) is 5.48. The fourth-order valence-electron chi connectivity index (χ4n) is 1.70. The van der Waals surface area contributed by atoms with Crippen molar-refractivity contribution in [2.45, 2.75) is 44.8 Å². The van der Waals surface area contributed by atoms with E-state index in [4.69, 9.17) is 5.11 Å². The maximum atomic E-state index is 10.9. The molecule has 0 saturated heterocycles. The molecule has 1 aliphatic carbocycles. The Balaban J connectivity index is 2.27. The van der Waals surface area contributed by atoms with Crippen molar-refractivity contribution < 1.29 is 15.0 Å². The van der Waals surface area contributed by atoms with Gasteiger partial charge in [-0.05, 0) is 19.3 Å². The van der Waals surface area contributed by atoms with Crippen LogP contribution < -0.4 is 0 Å². The van der Waals surface area contributed by atoms with E-state index in [0.717, 1.165) is 12.8 Å². The molecule has 1 aromatic heterocycles. The van der Waals surface area contributed by atoms with E-state index in [9.17, 15) is 9.90 Å². The molecule has 1 saturated carbocycles. The fraction of sp³-hybridized carbons (Fsp3) is 0.700. The second kappa shape index (κ2) is 4.21. The highest BCUT2D eigenvalue weighted by molar-refractivity contribution is 5.86. The molecule has 1 unspecified atom stereocenters. The summed E-state index contributed by atoms with van der Waals surface area (Å²) in [5.41, 5.74) is 0.700. The van der Waals surface area contributed by atoms with E-state index in [0.29, 0.717) is 18.7 Å². The van der Waals surface area contributed by atoms with Gasteiger partial charge in [-0.1, -0.05) is 12.1 Å². The summed E-state index contributed by atoms with van der Waals surface area (Å²) in [6, 6.07) is 0. The van der Waals surface area contributed by atoms with Gasteiger partial charge in [0, 0.05) is 5.92 Å². The zero-order valence-electron chi connectivity index (χ0n) is 9.13. The molecule has 0 radical (unpaired) electrons. The molecule has 0 amide bonds.